The summed E-state index contributed by atoms with van der Waals surface area (Å²) in [6, 6.07) is 7.94. The number of hydrogen-bond acceptors (Lipinski definition) is 4. The number of methoxy groups -OCH3 is 1. The first kappa shape index (κ1) is 16.3. The molecule has 0 unspecified atom stereocenters. The van der Waals surface area contributed by atoms with Gasteiger partial charge in [-0.2, -0.15) is 0 Å². The van der Waals surface area contributed by atoms with Crippen LogP contribution >= 0.6 is 11.3 Å². The quantitative estimate of drug-likeness (QED) is 0.533. The minimum Gasteiger partial charge on any atom is -0.497 e. The minimum absolute atomic E-state index is 0.588. The highest BCUT2D eigenvalue weighted by Gasteiger charge is 2.04. The number of aromatic nitrogens is 2. The molecule has 0 aliphatic heterocycles. The van der Waals surface area contributed by atoms with Crippen LogP contribution in [-0.4, -0.2) is 29.0 Å². The van der Waals surface area contributed by atoms with Crippen LogP contribution in [0.3, 0.4) is 0 Å². The molecule has 0 saturated carbocycles. The van der Waals surface area contributed by atoms with Crippen LogP contribution in [0.2, 0.25) is 0 Å². The predicted octanol–water partition coefficient (Wildman–Crippen LogP) is 2.66. The number of nitrogens with zero attached hydrogens (tertiary/aromatic N) is 3. The van der Waals surface area contributed by atoms with Gasteiger partial charge in [0.1, 0.15) is 5.75 Å². The molecule has 0 radical (unpaired) electrons. The van der Waals surface area contributed by atoms with E-state index in [0.717, 1.165) is 34.5 Å². The summed E-state index contributed by atoms with van der Waals surface area (Å²) in [6.45, 7) is 4.08. The Balaban J connectivity index is 1.63. The number of ether oxygens (including phenoxy) is 1. The maximum Gasteiger partial charge on any atom is 0.193 e. The van der Waals surface area contributed by atoms with E-state index < -0.39 is 0 Å². The number of aliphatic imine (C=N–C) groups is 1. The van der Waals surface area contributed by atoms with E-state index in [1.54, 1.807) is 18.4 Å². The summed E-state index contributed by atoms with van der Waals surface area (Å²) in [7, 11) is 1.67. The molecule has 0 aliphatic rings. The van der Waals surface area contributed by atoms with E-state index in [0.29, 0.717) is 13.1 Å². The molecule has 0 aliphatic carbocycles. The van der Waals surface area contributed by atoms with Crippen LogP contribution in [0.5, 0.6) is 5.75 Å². The third-order valence-corrected chi connectivity index (χ3v) is 4.25. The van der Waals surface area contributed by atoms with E-state index in [4.69, 9.17) is 4.74 Å². The van der Waals surface area contributed by atoms with E-state index in [1.165, 1.54) is 0 Å². The van der Waals surface area contributed by atoms with Crippen LogP contribution in [0.25, 0.3) is 4.96 Å². The lowest BCUT2D eigenvalue weighted by atomic mass is 10.2. The van der Waals surface area contributed by atoms with E-state index in [2.05, 4.69) is 27.5 Å². The molecule has 0 fully saturated rings. The fourth-order valence-corrected chi connectivity index (χ4v) is 3.04. The normalized spacial score (nSPS) is 11.7. The van der Waals surface area contributed by atoms with Gasteiger partial charge in [-0.15, -0.1) is 11.3 Å². The van der Waals surface area contributed by atoms with Crippen molar-refractivity contribution in [3.05, 3.63) is 53.3 Å². The van der Waals surface area contributed by atoms with Crippen molar-refractivity contribution in [3.63, 3.8) is 0 Å². The van der Waals surface area contributed by atoms with Gasteiger partial charge in [0.15, 0.2) is 10.9 Å². The van der Waals surface area contributed by atoms with E-state index >= 15 is 0 Å². The van der Waals surface area contributed by atoms with Crippen LogP contribution < -0.4 is 15.4 Å². The molecule has 7 heteroatoms. The Kier molecular flexibility index (Phi) is 5.32. The van der Waals surface area contributed by atoms with Crippen LogP contribution in [0, 0.1) is 0 Å². The third kappa shape index (κ3) is 4.05. The van der Waals surface area contributed by atoms with Gasteiger partial charge < -0.3 is 15.4 Å². The largest absolute Gasteiger partial charge is 0.497 e. The number of benzene rings is 1. The number of guanidine groups is 1. The van der Waals surface area contributed by atoms with Crippen molar-refractivity contribution in [3.8, 4) is 5.75 Å². The average Bonchev–Trinajstić information content (AvgIpc) is 3.19. The van der Waals surface area contributed by atoms with Gasteiger partial charge in [0, 0.05) is 24.3 Å². The monoisotopic (exact) mass is 343 g/mol. The smallest absolute Gasteiger partial charge is 0.193 e. The van der Waals surface area contributed by atoms with E-state index in [1.807, 2.05) is 46.4 Å². The summed E-state index contributed by atoms with van der Waals surface area (Å²) in [5.41, 5.74) is 2.10. The maximum absolute atomic E-state index is 5.25. The summed E-state index contributed by atoms with van der Waals surface area (Å²) < 4.78 is 7.28. The molecule has 1 aromatic carbocycles. The molecule has 0 amide bonds. The molecule has 126 valence electrons. The summed E-state index contributed by atoms with van der Waals surface area (Å²) in [6.07, 6.45) is 4.04. The van der Waals surface area contributed by atoms with E-state index in [-0.39, 0.29) is 0 Å². The van der Waals surface area contributed by atoms with Gasteiger partial charge in [-0.1, -0.05) is 12.1 Å². The lowest BCUT2D eigenvalue weighted by Crippen LogP contribution is -2.36. The van der Waals surface area contributed by atoms with Crippen molar-refractivity contribution in [2.45, 2.75) is 20.0 Å². The number of nitrogens with one attached hydrogen (secondary N) is 2. The van der Waals surface area contributed by atoms with Gasteiger partial charge in [-0.3, -0.25) is 4.40 Å². The first-order chi connectivity index (χ1) is 11.8. The maximum atomic E-state index is 5.25. The number of fused-ring (bicyclic) bond motifs is 1. The fourth-order valence-electron chi connectivity index (χ4n) is 2.32. The molecule has 0 saturated heterocycles. The van der Waals surface area contributed by atoms with Gasteiger partial charge >= 0.3 is 0 Å². The molecule has 6 nitrogen and oxygen atoms in total. The molecular formula is C17H21N5OS. The highest BCUT2D eigenvalue weighted by atomic mass is 32.1. The lowest BCUT2D eigenvalue weighted by molar-refractivity contribution is 0.414. The van der Waals surface area contributed by atoms with Crippen LogP contribution in [0.15, 0.2) is 47.0 Å². The Morgan fingerprint density at radius 1 is 1.38 bits per heavy atom. The highest BCUT2D eigenvalue weighted by molar-refractivity contribution is 7.15. The Morgan fingerprint density at radius 3 is 3.08 bits per heavy atom. The molecule has 2 heterocycles. The second-order valence-electron chi connectivity index (χ2n) is 5.23. The number of rotatable bonds is 6. The topological polar surface area (TPSA) is 63.0 Å². The molecule has 2 aromatic heterocycles. The van der Waals surface area contributed by atoms with E-state index in [9.17, 15) is 0 Å². The number of imidazole rings is 1. The average molecular weight is 343 g/mol. The second kappa shape index (κ2) is 7.83. The van der Waals surface area contributed by atoms with Crippen LogP contribution in [0.1, 0.15) is 18.2 Å². The van der Waals surface area contributed by atoms with Crippen molar-refractivity contribution >= 4 is 22.3 Å². The van der Waals surface area contributed by atoms with Crippen molar-refractivity contribution < 1.29 is 4.74 Å². The molecule has 0 spiro atoms. The Hall–Kier alpha value is -2.54. The fraction of sp³-hybridized carbons (Fsp3) is 0.294. The Morgan fingerprint density at radius 2 is 2.29 bits per heavy atom. The summed E-state index contributed by atoms with van der Waals surface area (Å²) in [5, 5.41) is 8.60. The van der Waals surface area contributed by atoms with Crippen molar-refractivity contribution in [1.82, 2.24) is 20.0 Å². The first-order valence-corrected chi connectivity index (χ1v) is 8.72. The zero-order valence-corrected chi connectivity index (χ0v) is 14.6. The summed E-state index contributed by atoms with van der Waals surface area (Å²) >= 11 is 1.63. The van der Waals surface area contributed by atoms with Gasteiger partial charge in [-0.25, -0.2) is 9.98 Å². The Labute approximate surface area is 145 Å². The zero-order chi connectivity index (χ0) is 16.8. The van der Waals surface area contributed by atoms with Crippen molar-refractivity contribution in [1.29, 1.82) is 0 Å². The van der Waals surface area contributed by atoms with Crippen molar-refractivity contribution in [2.24, 2.45) is 4.99 Å². The molecule has 3 aromatic rings. The molecule has 2 N–H and O–H groups in total. The number of thiazole rings is 1. The summed E-state index contributed by atoms with van der Waals surface area (Å²) in [4.78, 5) is 10.2. The second-order valence-corrected chi connectivity index (χ2v) is 6.10. The molecular weight excluding hydrogens is 322 g/mol. The van der Waals surface area contributed by atoms with Gasteiger partial charge in [0.05, 0.1) is 25.9 Å². The van der Waals surface area contributed by atoms with Gasteiger partial charge in [0.25, 0.3) is 0 Å². The zero-order valence-electron chi connectivity index (χ0n) is 13.8. The van der Waals surface area contributed by atoms with Crippen molar-refractivity contribution in [2.75, 3.05) is 13.7 Å². The summed E-state index contributed by atoms with van der Waals surface area (Å²) in [5.74, 6) is 1.62. The lowest BCUT2D eigenvalue weighted by Gasteiger charge is -2.10. The van der Waals surface area contributed by atoms with Crippen LogP contribution in [-0.2, 0) is 13.1 Å². The molecule has 24 heavy (non-hydrogen) atoms. The molecule has 0 bridgehead atoms. The van der Waals surface area contributed by atoms with Gasteiger partial charge in [-0.05, 0) is 24.6 Å². The van der Waals surface area contributed by atoms with Crippen LogP contribution in [0.4, 0.5) is 0 Å². The standard InChI is InChI=1S/C17H21N5OS/c1-3-18-16(19-10-13-5-4-6-15(9-13)23-2)20-11-14-12-22-7-8-24-17(22)21-14/h4-9,12H,3,10-11H2,1-2H3,(H2,18,19,20). The SMILES string of the molecule is CCNC(=NCc1cccc(OC)c1)NCc1cn2ccsc2n1. The Bertz CT molecular complexity index is 795. The van der Waals surface area contributed by atoms with Gasteiger partial charge in [0.2, 0.25) is 0 Å². The predicted molar refractivity (Wildman–Crippen MR) is 97.7 cm³/mol. The third-order valence-electron chi connectivity index (χ3n) is 3.48. The minimum atomic E-state index is 0.588. The molecule has 3 rings (SSSR count). The first-order valence-electron chi connectivity index (χ1n) is 7.84. The molecule has 0 atom stereocenters. The highest BCUT2D eigenvalue weighted by Crippen LogP contribution is 2.13. The number of hydrogen-bond donors (Lipinski definition) is 2.